The third kappa shape index (κ3) is 4.88. The fraction of sp³-hybridized carbons (Fsp3) is 0.273. The molecule has 1 atom stereocenters. The minimum absolute atomic E-state index is 0.239. The predicted molar refractivity (Wildman–Crippen MR) is 112 cm³/mol. The number of carbonyl (C=O) groups excluding carboxylic acids is 1. The molecule has 1 N–H and O–H groups in total. The highest BCUT2D eigenvalue weighted by Crippen LogP contribution is 2.23. The summed E-state index contributed by atoms with van der Waals surface area (Å²) in [4.78, 5) is 13.1. The Morgan fingerprint density at radius 3 is 2.40 bits per heavy atom. The van der Waals surface area contributed by atoms with Gasteiger partial charge in [0.1, 0.15) is 18.1 Å². The predicted octanol–water partition coefficient (Wildman–Crippen LogP) is 3.76. The van der Waals surface area contributed by atoms with E-state index in [9.17, 15) is 13.2 Å². The summed E-state index contributed by atoms with van der Waals surface area (Å²) in [6.45, 7) is 5.73. The van der Waals surface area contributed by atoms with Crippen molar-refractivity contribution in [1.82, 2.24) is 10.5 Å². The van der Waals surface area contributed by atoms with Crippen molar-refractivity contribution in [3.8, 4) is 5.75 Å². The maximum absolute atomic E-state index is 12.9. The summed E-state index contributed by atoms with van der Waals surface area (Å²) in [5.74, 6) is 0.847. The van der Waals surface area contributed by atoms with Gasteiger partial charge < -0.3 is 14.6 Å². The number of benzene rings is 2. The largest absolute Gasteiger partial charge is 0.488 e. The molecule has 0 aliphatic heterocycles. The minimum Gasteiger partial charge on any atom is -0.488 e. The fourth-order valence-corrected chi connectivity index (χ4v) is 3.63. The Balaban J connectivity index is 1.72. The molecule has 7 nitrogen and oxygen atoms in total. The quantitative estimate of drug-likeness (QED) is 0.615. The van der Waals surface area contributed by atoms with E-state index in [1.54, 1.807) is 36.4 Å². The van der Waals surface area contributed by atoms with Gasteiger partial charge >= 0.3 is 0 Å². The van der Waals surface area contributed by atoms with Gasteiger partial charge in [-0.3, -0.25) is 4.79 Å². The van der Waals surface area contributed by atoms with Crippen LogP contribution in [0.4, 0.5) is 0 Å². The monoisotopic (exact) mass is 428 g/mol. The molecule has 30 heavy (non-hydrogen) atoms. The van der Waals surface area contributed by atoms with Crippen LogP contribution in [0.5, 0.6) is 5.75 Å². The first-order valence-corrected chi connectivity index (χ1v) is 11.3. The maximum Gasteiger partial charge on any atom is 0.255 e. The normalized spacial score (nSPS) is 12.4. The molecule has 0 fully saturated rings. The minimum atomic E-state index is -3.26. The molecular weight excluding hydrogens is 404 g/mol. The molecule has 3 aromatic rings. The van der Waals surface area contributed by atoms with Crippen molar-refractivity contribution in [3.05, 3.63) is 76.7 Å². The van der Waals surface area contributed by atoms with E-state index in [1.165, 1.54) is 12.1 Å². The van der Waals surface area contributed by atoms with Gasteiger partial charge in [-0.2, -0.15) is 0 Å². The average Bonchev–Trinajstić information content (AvgIpc) is 3.03. The van der Waals surface area contributed by atoms with Crippen molar-refractivity contribution in [2.75, 3.05) is 6.26 Å². The first-order chi connectivity index (χ1) is 14.2. The summed E-state index contributed by atoms with van der Waals surface area (Å²) in [6, 6.07) is 13.1. The van der Waals surface area contributed by atoms with Gasteiger partial charge in [-0.05, 0) is 50.6 Å². The zero-order chi connectivity index (χ0) is 21.9. The molecule has 0 aliphatic carbocycles. The fourth-order valence-electron chi connectivity index (χ4n) is 3.00. The summed E-state index contributed by atoms with van der Waals surface area (Å²) in [5, 5.41) is 6.84. The summed E-state index contributed by atoms with van der Waals surface area (Å²) >= 11 is 0. The van der Waals surface area contributed by atoms with E-state index < -0.39 is 9.84 Å². The molecular formula is C22H24N2O5S. The number of rotatable bonds is 7. The first-order valence-electron chi connectivity index (χ1n) is 9.41. The summed E-state index contributed by atoms with van der Waals surface area (Å²) in [6.07, 6.45) is 1.16. The Labute approximate surface area is 176 Å². The van der Waals surface area contributed by atoms with Crippen molar-refractivity contribution >= 4 is 15.7 Å². The average molecular weight is 429 g/mol. The summed E-state index contributed by atoms with van der Waals surface area (Å²) in [5.41, 5.74) is 2.80. The molecule has 158 valence electrons. The Bertz CT molecular complexity index is 1130. The molecule has 0 radical (unpaired) electrons. The number of hydrogen-bond donors (Lipinski definition) is 1. The second-order valence-electron chi connectivity index (χ2n) is 7.12. The molecule has 2 aromatic carbocycles. The second kappa shape index (κ2) is 8.71. The molecule has 0 spiro atoms. The van der Waals surface area contributed by atoms with E-state index >= 15 is 0 Å². The Morgan fingerprint density at radius 1 is 1.13 bits per heavy atom. The van der Waals surface area contributed by atoms with E-state index in [-0.39, 0.29) is 23.5 Å². The van der Waals surface area contributed by atoms with Crippen LogP contribution in [-0.4, -0.2) is 25.7 Å². The summed E-state index contributed by atoms with van der Waals surface area (Å²) in [7, 11) is -3.26. The zero-order valence-corrected chi connectivity index (χ0v) is 18.1. The van der Waals surface area contributed by atoms with Gasteiger partial charge in [-0.15, -0.1) is 0 Å². The van der Waals surface area contributed by atoms with Crippen LogP contribution in [0.1, 0.15) is 45.9 Å². The molecule has 1 unspecified atom stereocenters. The highest BCUT2D eigenvalue weighted by atomic mass is 32.2. The van der Waals surface area contributed by atoms with E-state index in [2.05, 4.69) is 10.5 Å². The first kappa shape index (κ1) is 21.6. The lowest BCUT2D eigenvalue weighted by molar-refractivity contribution is 0.0935. The lowest BCUT2D eigenvalue weighted by Gasteiger charge is -2.17. The number of aryl methyl sites for hydroxylation is 2. The van der Waals surface area contributed by atoms with Crippen LogP contribution in [0.25, 0.3) is 0 Å². The van der Waals surface area contributed by atoms with Gasteiger partial charge in [-0.1, -0.05) is 29.4 Å². The Kier molecular flexibility index (Phi) is 6.26. The van der Waals surface area contributed by atoms with E-state index in [1.807, 2.05) is 20.8 Å². The van der Waals surface area contributed by atoms with Gasteiger partial charge in [-0.25, -0.2) is 8.42 Å². The van der Waals surface area contributed by atoms with Crippen LogP contribution < -0.4 is 10.1 Å². The van der Waals surface area contributed by atoms with Crippen LogP contribution in [-0.2, 0) is 16.4 Å². The van der Waals surface area contributed by atoms with Crippen LogP contribution in [0, 0.1) is 13.8 Å². The topological polar surface area (TPSA) is 98.5 Å². The SMILES string of the molecule is Cc1noc(C)c1COc1ccccc1C(=O)NC(C)c1ccc(S(C)(=O)=O)cc1. The maximum atomic E-state index is 12.9. The molecule has 0 saturated heterocycles. The van der Waals surface area contributed by atoms with Crippen LogP contribution in [0.3, 0.4) is 0 Å². The molecule has 1 aromatic heterocycles. The number of para-hydroxylation sites is 1. The Morgan fingerprint density at radius 2 is 1.80 bits per heavy atom. The van der Waals surface area contributed by atoms with Gasteiger partial charge in [0.05, 0.1) is 27.8 Å². The number of sulfone groups is 1. The highest BCUT2D eigenvalue weighted by Gasteiger charge is 2.17. The lowest BCUT2D eigenvalue weighted by Crippen LogP contribution is -2.27. The molecule has 0 aliphatic rings. The lowest BCUT2D eigenvalue weighted by atomic mass is 10.1. The molecule has 1 heterocycles. The third-order valence-electron chi connectivity index (χ3n) is 4.84. The smallest absolute Gasteiger partial charge is 0.255 e. The number of ether oxygens (including phenoxy) is 1. The number of nitrogens with zero attached hydrogens (tertiary/aromatic N) is 1. The van der Waals surface area contributed by atoms with Crippen molar-refractivity contribution in [2.45, 2.75) is 38.3 Å². The van der Waals surface area contributed by atoms with Crippen molar-refractivity contribution in [3.63, 3.8) is 0 Å². The van der Waals surface area contributed by atoms with E-state index in [0.717, 1.165) is 23.1 Å². The van der Waals surface area contributed by atoms with Crippen LogP contribution >= 0.6 is 0 Å². The molecule has 0 saturated carbocycles. The van der Waals surface area contributed by atoms with Gasteiger partial charge in [0, 0.05) is 6.26 Å². The highest BCUT2D eigenvalue weighted by molar-refractivity contribution is 7.90. The molecule has 8 heteroatoms. The second-order valence-corrected chi connectivity index (χ2v) is 9.14. The third-order valence-corrected chi connectivity index (χ3v) is 5.97. The number of amides is 1. The van der Waals surface area contributed by atoms with Gasteiger partial charge in [0.25, 0.3) is 5.91 Å². The zero-order valence-electron chi connectivity index (χ0n) is 17.3. The standard InChI is InChI=1S/C22H24N2O5S/c1-14(17-9-11-18(12-10-17)30(4,26)27)23-22(25)19-7-5-6-8-21(19)28-13-20-15(2)24-29-16(20)3/h5-12,14H,13H2,1-4H3,(H,23,25). The van der Waals surface area contributed by atoms with Gasteiger partial charge in [0.2, 0.25) is 0 Å². The van der Waals surface area contributed by atoms with Crippen molar-refractivity contribution in [1.29, 1.82) is 0 Å². The van der Waals surface area contributed by atoms with Crippen LogP contribution in [0.15, 0.2) is 57.9 Å². The van der Waals surface area contributed by atoms with E-state index in [0.29, 0.717) is 17.1 Å². The number of aromatic nitrogens is 1. The number of carbonyl (C=O) groups is 1. The molecule has 0 bridgehead atoms. The molecule has 3 rings (SSSR count). The Hall–Kier alpha value is -3.13. The molecule has 1 amide bonds. The van der Waals surface area contributed by atoms with Crippen molar-refractivity contribution < 1.29 is 22.5 Å². The number of nitrogens with one attached hydrogen (secondary N) is 1. The van der Waals surface area contributed by atoms with Crippen LogP contribution in [0.2, 0.25) is 0 Å². The van der Waals surface area contributed by atoms with Crippen molar-refractivity contribution in [2.24, 2.45) is 0 Å². The number of hydrogen-bond acceptors (Lipinski definition) is 6. The van der Waals surface area contributed by atoms with Gasteiger partial charge in [0.15, 0.2) is 9.84 Å². The summed E-state index contributed by atoms with van der Waals surface area (Å²) < 4.78 is 34.2. The van der Waals surface area contributed by atoms with E-state index in [4.69, 9.17) is 9.26 Å².